The summed E-state index contributed by atoms with van der Waals surface area (Å²) in [6.45, 7) is 16.1. The molecule has 8 heterocycles. The van der Waals surface area contributed by atoms with Crippen molar-refractivity contribution in [2.45, 2.75) is 79.1 Å². The number of nitrogens with zero attached hydrogens (tertiary/aromatic N) is 16. The molecule has 12 aromatic rings. The van der Waals surface area contributed by atoms with Gasteiger partial charge in [-0.25, -0.2) is 19.9 Å². The van der Waals surface area contributed by atoms with Crippen molar-refractivity contribution in [2.24, 2.45) is 0 Å². The highest BCUT2D eigenvalue weighted by Crippen LogP contribution is 2.46. The number of benzene rings is 4. The highest BCUT2D eigenvalue weighted by atomic mass is 16.5. The molecule has 40 nitrogen and oxygen atoms in total. The molecular formula is C68H72N24O16. The van der Waals surface area contributed by atoms with E-state index in [1.54, 1.807) is 52.7 Å². The van der Waals surface area contributed by atoms with Gasteiger partial charge in [0, 0.05) is 22.3 Å². The second-order valence-corrected chi connectivity index (χ2v) is 23.2. The summed E-state index contributed by atoms with van der Waals surface area (Å²) < 4.78 is 65.1. The summed E-state index contributed by atoms with van der Waals surface area (Å²) in [7, 11) is 6.25. The van der Waals surface area contributed by atoms with E-state index in [0.717, 1.165) is 22.3 Å². The van der Waals surface area contributed by atoms with Crippen LogP contribution in [0.4, 0.5) is 47.1 Å². The van der Waals surface area contributed by atoms with Crippen LogP contribution in [0.3, 0.4) is 0 Å². The van der Waals surface area contributed by atoms with Crippen LogP contribution < -0.4 is 82.1 Å². The van der Waals surface area contributed by atoms with E-state index in [0.29, 0.717) is 123 Å². The summed E-state index contributed by atoms with van der Waals surface area (Å²) in [4.78, 5) is 90.9. The van der Waals surface area contributed by atoms with Crippen LogP contribution >= 0.6 is 0 Å². The van der Waals surface area contributed by atoms with Gasteiger partial charge in [-0.15, -0.1) is 0 Å². The number of nitrogens with one attached hydrogen (secondary N) is 4. The van der Waals surface area contributed by atoms with Crippen LogP contribution in [0.1, 0.15) is 101 Å². The van der Waals surface area contributed by atoms with E-state index in [-0.39, 0.29) is 88.0 Å². The Morgan fingerprint density at radius 1 is 0.324 bits per heavy atom. The van der Waals surface area contributed by atoms with Gasteiger partial charge in [-0.2, -0.15) is 39.9 Å². The number of anilines is 8. The number of carbonyl (C=O) groups is 4. The lowest BCUT2D eigenvalue weighted by molar-refractivity contribution is -0.106. The molecule has 0 bridgehead atoms. The van der Waals surface area contributed by atoms with Gasteiger partial charge in [-0.05, 0) is 72.2 Å². The molecule has 8 aromatic heterocycles. The molecule has 0 unspecified atom stereocenters. The minimum Gasteiger partial charge on any atom is -0.496 e. The number of hydrogen-bond donors (Lipinski definition) is 8. The van der Waals surface area contributed by atoms with Gasteiger partial charge >= 0.3 is 0 Å². The Kier molecular flexibility index (Phi) is 26.1. The van der Waals surface area contributed by atoms with Crippen molar-refractivity contribution in [2.75, 3.05) is 72.6 Å². The summed E-state index contributed by atoms with van der Waals surface area (Å²) in [6, 6.07) is 14.4. The Morgan fingerprint density at radius 2 is 0.602 bits per heavy atom. The van der Waals surface area contributed by atoms with Crippen LogP contribution in [0, 0.1) is 0 Å². The van der Waals surface area contributed by atoms with Gasteiger partial charge in [0.2, 0.25) is 98.3 Å². The van der Waals surface area contributed by atoms with E-state index in [1.807, 2.05) is 79.7 Å². The van der Waals surface area contributed by atoms with Crippen molar-refractivity contribution in [3.63, 3.8) is 0 Å². The Balaban J connectivity index is 0.000000166. The Labute approximate surface area is 613 Å². The van der Waals surface area contributed by atoms with Crippen molar-refractivity contribution < 1.29 is 75.2 Å². The van der Waals surface area contributed by atoms with Crippen LogP contribution in [-0.4, -0.2) is 135 Å². The van der Waals surface area contributed by atoms with Gasteiger partial charge in [0.25, 0.3) is 0 Å². The van der Waals surface area contributed by atoms with Gasteiger partial charge in [-0.1, -0.05) is 76.0 Å². The molecule has 0 saturated heterocycles. The first kappa shape index (κ1) is 77.4. The molecule has 40 heteroatoms. The topological polar surface area (TPSA) is 553 Å². The van der Waals surface area contributed by atoms with Crippen molar-refractivity contribution in [3.05, 3.63) is 121 Å². The molecule has 12 rings (SSSR count). The molecule has 560 valence electrons. The molecule has 0 saturated carbocycles. The molecule has 0 aliphatic heterocycles. The van der Waals surface area contributed by atoms with E-state index in [4.69, 9.17) is 78.9 Å². The fraction of sp³-hybridized carbons (Fsp3) is 0.235. The van der Waals surface area contributed by atoms with Crippen LogP contribution in [0.25, 0.3) is 45.6 Å². The van der Waals surface area contributed by atoms with Crippen molar-refractivity contribution >= 4 is 72.7 Å². The Bertz CT molecular complexity index is 5010. The van der Waals surface area contributed by atoms with Crippen molar-refractivity contribution in [1.82, 2.24) is 80.4 Å². The second kappa shape index (κ2) is 36.4. The second-order valence-electron chi connectivity index (χ2n) is 23.2. The third-order valence-corrected chi connectivity index (χ3v) is 15.0. The maximum Gasteiger partial charge on any atom is 0.231 e. The average molecular weight is 1480 g/mol. The third-order valence-electron chi connectivity index (χ3n) is 15.0. The lowest BCUT2D eigenvalue weighted by Gasteiger charge is -2.18. The monoisotopic (exact) mass is 1480 g/mol. The first-order valence-electron chi connectivity index (χ1n) is 32.1. The van der Waals surface area contributed by atoms with E-state index in [2.05, 4.69) is 102 Å². The first-order chi connectivity index (χ1) is 52.1. The molecule has 4 aromatic carbocycles. The van der Waals surface area contributed by atoms with Crippen LogP contribution in [-0.2, 0) is 19.2 Å². The number of nitrogens with two attached hydrogens (primary N) is 4. The summed E-state index contributed by atoms with van der Waals surface area (Å²) in [5, 5.41) is 24.9. The maximum atomic E-state index is 11.0. The van der Waals surface area contributed by atoms with E-state index >= 15 is 0 Å². The quantitative estimate of drug-likeness (QED) is 0.0211. The first-order valence-corrected chi connectivity index (χ1v) is 32.1. The molecular weight excluding hydrogens is 1410 g/mol. The fourth-order valence-corrected chi connectivity index (χ4v) is 9.87. The lowest BCUT2D eigenvalue weighted by atomic mass is 9.99. The number of amides is 4. The number of rotatable bonds is 28. The molecule has 0 aliphatic carbocycles. The zero-order valence-corrected chi connectivity index (χ0v) is 59.9. The summed E-state index contributed by atoms with van der Waals surface area (Å²) in [5.74, 6) is 7.96. The molecule has 0 fully saturated rings. The highest BCUT2D eigenvalue weighted by Gasteiger charge is 2.25. The van der Waals surface area contributed by atoms with E-state index < -0.39 is 0 Å². The van der Waals surface area contributed by atoms with Crippen LogP contribution in [0.15, 0.2) is 117 Å². The lowest BCUT2D eigenvalue weighted by Crippen LogP contribution is -2.06. The molecule has 12 N–H and O–H groups in total. The Hall–Kier alpha value is -14.8. The smallest absolute Gasteiger partial charge is 0.231 e. The Morgan fingerprint density at radius 3 is 0.889 bits per heavy atom. The summed E-state index contributed by atoms with van der Waals surface area (Å²) >= 11 is 0. The maximum absolute atomic E-state index is 11.0. The van der Waals surface area contributed by atoms with Gasteiger partial charge < -0.3 is 89.6 Å². The number of methoxy groups -OCH3 is 4. The minimum absolute atomic E-state index is 0.0120. The predicted molar refractivity (Wildman–Crippen MR) is 386 cm³/mol. The SMILES string of the molecule is COc1cc(C(C)C)c(Oc2cnc(N)nc2N)cc1-c1ncon1.COc1cc(C(C)C)c(Oc2cnc(N)nc2NC=O)cc1-c1ncon1.COc1cc(C(C)C)c(Oc2cnc(NC=O)nc2N)cc1-c1ncon1.COc1cc(C(C)C)c(Oc2cnc(NC=O)nc2NC=O)cc1-c1ncon1. The number of hydrogen-bond acceptors (Lipinski definition) is 36. The standard InChI is InChI=1S/C18H18N6O5.2C17H18N6O4.C16H18N6O3/c1-10(2)11-4-13(27-3)12(16-22-9-28-24-16)5-14(11)29-15-6-19-18(21-8-26)23-17(15)20-7-25;1-9(2)10-4-12(25-3)11(16-21-8-26-23-16)5-13(10)27-14-6-19-17(20-7-24)22-15(14)18;1-9(2)10-4-12(25-3)11(15-21-8-26-23-15)5-13(10)27-14-6-19-17(18)22-16(14)20-7-24;1-8(2)9-4-11(23-3)10(15-20-7-24-22-15)5-12(9)25-13-6-19-16(18)21-14(13)17/h4-10H,1-3H3,(H2,19,20,21,23,25,26);2*4-9H,1-3H3,(H3,18,19,20,22,24);4-8H,1-3H3,(H4,17,18,19,21). The molecule has 4 amide bonds. The third kappa shape index (κ3) is 19.1. The fourth-order valence-electron chi connectivity index (χ4n) is 9.87. The molecule has 0 radical (unpaired) electrons. The number of aromatic nitrogens is 16. The molecule has 108 heavy (non-hydrogen) atoms. The minimum atomic E-state index is 0.0120. The van der Waals surface area contributed by atoms with Gasteiger partial charge in [0.1, 0.15) is 46.0 Å². The van der Waals surface area contributed by atoms with Crippen LogP contribution in [0.5, 0.6) is 69.0 Å². The van der Waals surface area contributed by atoms with Crippen molar-refractivity contribution in [1.29, 1.82) is 0 Å². The van der Waals surface area contributed by atoms with Gasteiger partial charge in [-0.3, -0.25) is 29.8 Å². The highest BCUT2D eigenvalue weighted by molar-refractivity contribution is 5.77. The van der Waals surface area contributed by atoms with Gasteiger partial charge in [0.15, 0.2) is 46.3 Å². The molecule has 0 spiro atoms. The van der Waals surface area contributed by atoms with Crippen LogP contribution in [0.2, 0.25) is 0 Å². The summed E-state index contributed by atoms with van der Waals surface area (Å²) in [6.07, 6.45) is 12.3. The number of carbonyl (C=O) groups excluding carboxylic acids is 4. The molecule has 0 aliphatic rings. The van der Waals surface area contributed by atoms with Crippen molar-refractivity contribution in [3.8, 4) is 115 Å². The number of ether oxygens (including phenoxy) is 8. The number of nitrogen functional groups attached to an aromatic ring is 4. The van der Waals surface area contributed by atoms with E-state index in [1.165, 1.54) is 50.4 Å². The normalized spacial score (nSPS) is 10.7. The molecule has 0 atom stereocenters. The van der Waals surface area contributed by atoms with E-state index in [9.17, 15) is 19.2 Å². The zero-order chi connectivity index (χ0) is 77.6. The zero-order valence-electron chi connectivity index (χ0n) is 59.9. The summed E-state index contributed by atoms with van der Waals surface area (Å²) in [5.41, 5.74) is 28.8. The van der Waals surface area contributed by atoms with Gasteiger partial charge in [0.05, 0.1) is 75.5 Å². The predicted octanol–water partition coefficient (Wildman–Crippen LogP) is 10.4. The largest absolute Gasteiger partial charge is 0.496 e. The average Bonchev–Trinajstić information content (AvgIpc) is 1.09.